The van der Waals surface area contributed by atoms with Crippen molar-refractivity contribution >= 4 is 38.9 Å². The second-order valence-electron chi connectivity index (χ2n) is 3.86. The first-order valence-electron chi connectivity index (χ1n) is 5.19. The molecule has 0 saturated carbocycles. The Bertz CT molecular complexity index is 526. The average molecular weight is 310 g/mol. The van der Waals surface area contributed by atoms with Crippen molar-refractivity contribution in [2.24, 2.45) is 0 Å². The van der Waals surface area contributed by atoms with Crippen molar-refractivity contribution in [2.75, 3.05) is 5.32 Å². The summed E-state index contributed by atoms with van der Waals surface area (Å²) in [5, 5.41) is 4.80. The summed E-state index contributed by atoms with van der Waals surface area (Å²) >= 11 is 4.95. The summed E-state index contributed by atoms with van der Waals surface area (Å²) in [6, 6.07) is 7.61. The van der Waals surface area contributed by atoms with Crippen molar-refractivity contribution in [1.29, 1.82) is 0 Å². The number of carbonyl (C=O) groups excluding carboxylic acids is 1. The third-order valence-corrected chi connectivity index (χ3v) is 4.56. The van der Waals surface area contributed by atoms with E-state index in [4.69, 9.17) is 0 Å². The maximum atomic E-state index is 11.9. The molecule has 2 aromatic rings. The van der Waals surface area contributed by atoms with Gasteiger partial charge >= 0.3 is 0 Å². The summed E-state index contributed by atoms with van der Waals surface area (Å²) in [4.78, 5) is 12.6. The van der Waals surface area contributed by atoms with Crippen LogP contribution in [0, 0.1) is 13.8 Å². The largest absolute Gasteiger partial charge is 0.321 e. The van der Waals surface area contributed by atoms with E-state index >= 15 is 0 Å². The minimum atomic E-state index is -0.0545. The third kappa shape index (κ3) is 2.76. The number of carbonyl (C=O) groups is 1. The highest BCUT2D eigenvalue weighted by Gasteiger charge is 2.08. The van der Waals surface area contributed by atoms with Crippen LogP contribution >= 0.6 is 27.3 Å². The van der Waals surface area contributed by atoms with Gasteiger partial charge in [0.2, 0.25) is 0 Å². The van der Waals surface area contributed by atoms with Gasteiger partial charge in [-0.15, -0.1) is 11.3 Å². The van der Waals surface area contributed by atoms with Crippen LogP contribution in [-0.4, -0.2) is 5.91 Å². The van der Waals surface area contributed by atoms with E-state index in [0.717, 1.165) is 26.2 Å². The molecule has 0 atom stereocenters. The van der Waals surface area contributed by atoms with Crippen LogP contribution in [0.15, 0.2) is 34.1 Å². The quantitative estimate of drug-likeness (QED) is 0.876. The van der Waals surface area contributed by atoms with Crippen molar-refractivity contribution in [2.45, 2.75) is 13.8 Å². The summed E-state index contributed by atoms with van der Waals surface area (Å²) in [5.74, 6) is -0.0545. The number of amides is 1. The lowest BCUT2D eigenvalue weighted by Gasteiger charge is -2.08. The average Bonchev–Trinajstić information content (AvgIpc) is 2.79. The van der Waals surface area contributed by atoms with Crippen LogP contribution in [0.2, 0.25) is 0 Å². The zero-order chi connectivity index (χ0) is 12.4. The minimum Gasteiger partial charge on any atom is -0.321 e. The van der Waals surface area contributed by atoms with Crippen molar-refractivity contribution < 1.29 is 4.79 Å². The van der Waals surface area contributed by atoms with Gasteiger partial charge in [-0.05, 0) is 48.6 Å². The van der Waals surface area contributed by atoms with Gasteiger partial charge < -0.3 is 5.32 Å². The fraction of sp³-hybridized carbons (Fsp3) is 0.154. The lowest BCUT2D eigenvalue weighted by molar-refractivity contribution is 0.103. The number of hydrogen-bond acceptors (Lipinski definition) is 2. The molecule has 1 N–H and O–H groups in total. The highest BCUT2D eigenvalue weighted by molar-refractivity contribution is 9.10. The van der Waals surface area contributed by atoms with Gasteiger partial charge in [-0.1, -0.05) is 22.0 Å². The summed E-state index contributed by atoms with van der Waals surface area (Å²) < 4.78 is 1.09. The van der Waals surface area contributed by atoms with E-state index in [9.17, 15) is 4.79 Å². The Kier molecular flexibility index (Phi) is 3.64. The van der Waals surface area contributed by atoms with Gasteiger partial charge in [-0.25, -0.2) is 0 Å². The molecular formula is C13H12BrNOS. The minimum absolute atomic E-state index is 0.0545. The zero-order valence-electron chi connectivity index (χ0n) is 9.58. The number of benzene rings is 1. The van der Waals surface area contributed by atoms with Crippen molar-refractivity contribution in [3.05, 3.63) is 50.1 Å². The number of nitrogens with one attached hydrogen (secondary N) is 1. The van der Waals surface area contributed by atoms with Crippen LogP contribution in [0.1, 0.15) is 20.8 Å². The second-order valence-corrected chi connectivity index (χ2v) is 5.60. The molecule has 0 fully saturated rings. The number of hydrogen-bond donors (Lipinski definition) is 1. The molecule has 0 spiro atoms. The lowest BCUT2D eigenvalue weighted by Crippen LogP contribution is -2.10. The van der Waals surface area contributed by atoms with Crippen LogP contribution in [0.3, 0.4) is 0 Å². The monoisotopic (exact) mass is 309 g/mol. The van der Waals surface area contributed by atoms with E-state index in [0.29, 0.717) is 0 Å². The van der Waals surface area contributed by atoms with Crippen molar-refractivity contribution in [1.82, 2.24) is 0 Å². The molecule has 1 heterocycles. The standard InChI is InChI=1S/C13H12BrNOS/c1-8-6-10(7-9(2)12(8)14)15-13(16)11-4-3-5-17-11/h3-7H,1-2H3,(H,15,16). The lowest BCUT2D eigenvalue weighted by atomic mass is 10.1. The number of anilines is 1. The van der Waals surface area contributed by atoms with Crippen molar-refractivity contribution in [3.8, 4) is 0 Å². The maximum Gasteiger partial charge on any atom is 0.265 e. The predicted molar refractivity (Wildman–Crippen MR) is 75.9 cm³/mol. The number of thiophene rings is 1. The molecule has 88 valence electrons. The van der Waals surface area contributed by atoms with Gasteiger partial charge in [0, 0.05) is 10.2 Å². The van der Waals surface area contributed by atoms with Gasteiger partial charge in [0.05, 0.1) is 4.88 Å². The summed E-state index contributed by atoms with van der Waals surface area (Å²) in [7, 11) is 0. The van der Waals surface area contributed by atoms with Gasteiger partial charge in [-0.3, -0.25) is 4.79 Å². The van der Waals surface area contributed by atoms with E-state index in [1.54, 1.807) is 0 Å². The Morgan fingerprint density at radius 1 is 1.29 bits per heavy atom. The number of aryl methyl sites for hydroxylation is 2. The Balaban J connectivity index is 2.22. The third-order valence-electron chi connectivity index (χ3n) is 2.44. The summed E-state index contributed by atoms with van der Waals surface area (Å²) in [5.41, 5.74) is 3.07. The second kappa shape index (κ2) is 5.02. The predicted octanol–water partition coefficient (Wildman–Crippen LogP) is 4.38. The fourth-order valence-electron chi connectivity index (χ4n) is 1.62. The molecule has 0 aliphatic rings. The zero-order valence-corrected chi connectivity index (χ0v) is 12.0. The topological polar surface area (TPSA) is 29.1 Å². The van der Waals surface area contributed by atoms with Crippen LogP contribution in [0.4, 0.5) is 5.69 Å². The van der Waals surface area contributed by atoms with Crippen LogP contribution in [0.25, 0.3) is 0 Å². The summed E-state index contributed by atoms with van der Waals surface area (Å²) in [6.45, 7) is 4.02. The molecule has 4 heteroatoms. The van der Waals surface area contributed by atoms with E-state index in [1.165, 1.54) is 11.3 Å². The molecule has 1 amide bonds. The molecule has 0 unspecified atom stereocenters. The molecule has 0 radical (unpaired) electrons. The number of rotatable bonds is 2. The maximum absolute atomic E-state index is 11.9. The number of halogens is 1. The van der Waals surface area contributed by atoms with E-state index in [2.05, 4.69) is 21.2 Å². The smallest absolute Gasteiger partial charge is 0.265 e. The van der Waals surface area contributed by atoms with Gasteiger partial charge in [0.15, 0.2) is 0 Å². The van der Waals surface area contributed by atoms with E-state index in [1.807, 2.05) is 43.5 Å². The normalized spacial score (nSPS) is 10.3. The van der Waals surface area contributed by atoms with E-state index in [-0.39, 0.29) is 5.91 Å². The van der Waals surface area contributed by atoms with Crippen LogP contribution in [0.5, 0.6) is 0 Å². The Morgan fingerprint density at radius 2 is 1.94 bits per heavy atom. The molecule has 0 bridgehead atoms. The molecule has 1 aromatic heterocycles. The summed E-state index contributed by atoms with van der Waals surface area (Å²) in [6.07, 6.45) is 0. The Labute approximate surface area is 113 Å². The first kappa shape index (κ1) is 12.3. The molecule has 0 aliphatic carbocycles. The Hall–Kier alpha value is -1.13. The fourth-order valence-corrected chi connectivity index (χ4v) is 2.47. The molecule has 2 nitrogen and oxygen atoms in total. The first-order chi connectivity index (χ1) is 8.08. The highest BCUT2D eigenvalue weighted by atomic mass is 79.9. The highest BCUT2D eigenvalue weighted by Crippen LogP contribution is 2.25. The van der Waals surface area contributed by atoms with Crippen molar-refractivity contribution in [3.63, 3.8) is 0 Å². The Morgan fingerprint density at radius 3 is 2.47 bits per heavy atom. The molecule has 1 aromatic carbocycles. The molecule has 0 aliphatic heterocycles. The van der Waals surface area contributed by atoms with Gasteiger partial charge in [0.1, 0.15) is 0 Å². The van der Waals surface area contributed by atoms with Gasteiger partial charge in [0.25, 0.3) is 5.91 Å². The SMILES string of the molecule is Cc1cc(NC(=O)c2cccs2)cc(C)c1Br. The van der Waals surface area contributed by atoms with Crippen LogP contribution < -0.4 is 5.32 Å². The molecule has 0 saturated heterocycles. The van der Waals surface area contributed by atoms with Crippen LogP contribution in [-0.2, 0) is 0 Å². The first-order valence-corrected chi connectivity index (χ1v) is 6.87. The molecule has 17 heavy (non-hydrogen) atoms. The van der Waals surface area contributed by atoms with Gasteiger partial charge in [-0.2, -0.15) is 0 Å². The molecular weight excluding hydrogens is 298 g/mol. The molecule has 2 rings (SSSR count). The van der Waals surface area contributed by atoms with E-state index < -0.39 is 0 Å².